The van der Waals surface area contributed by atoms with Crippen LogP contribution in [-0.4, -0.2) is 42.5 Å². The predicted octanol–water partition coefficient (Wildman–Crippen LogP) is 1.50. The van der Waals surface area contributed by atoms with Crippen molar-refractivity contribution in [1.29, 1.82) is 0 Å². The van der Waals surface area contributed by atoms with Crippen molar-refractivity contribution in [2.24, 2.45) is 0 Å². The number of ether oxygens (including phenoxy) is 1. The summed E-state index contributed by atoms with van der Waals surface area (Å²) in [7, 11) is -2.43. The van der Waals surface area contributed by atoms with Crippen molar-refractivity contribution in [3.8, 4) is 0 Å². The number of aromatic amines is 1. The van der Waals surface area contributed by atoms with E-state index in [0.717, 1.165) is 0 Å². The molecular weight excluding hydrogens is 354 g/mol. The maximum absolute atomic E-state index is 14.9. The van der Waals surface area contributed by atoms with Crippen LogP contribution in [0.4, 0.5) is 8.78 Å². The fourth-order valence-electron chi connectivity index (χ4n) is 2.28. The van der Waals surface area contributed by atoms with Gasteiger partial charge in [-0.05, 0) is 18.1 Å². The minimum atomic E-state index is -2.43. The highest BCUT2D eigenvalue weighted by Crippen LogP contribution is 2.41. The molecule has 1 aliphatic heterocycles. The molecule has 1 aromatic rings. The molecule has 0 spiro atoms. The second kappa shape index (κ2) is 6.58. The second-order valence-electron chi connectivity index (χ2n) is 7.56. The average Bonchev–Trinajstić information content (AvgIpc) is 2.78. The van der Waals surface area contributed by atoms with E-state index in [-0.39, 0.29) is 5.04 Å². The van der Waals surface area contributed by atoms with Crippen LogP contribution in [0.25, 0.3) is 0 Å². The van der Waals surface area contributed by atoms with Crippen molar-refractivity contribution >= 4 is 14.6 Å². The number of aldehydes is 1. The van der Waals surface area contributed by atoms with Gasteiger partial charge in [-0.3, -0.25) is 14.3 Å². The number of alkyl halides is 1. The fraction of sp³-hybridized carbons (Fsp3) is 0.667. The predicted molar refractivity (Wildman–Crippen MR) is 88.2 cm³/mol. The Morgan fingerprint density at radius 1 is 1.36 bits per heavy atom. The quantitative estimate of drug-likeness (QED) is 0.635. The van der Waals surface area contributed by atoms with Crippen molar-refractivity contribution in [1.82, 2.24) is 9.55 Å². The molecule has 7 nitrogen and oxygen atoms in total. The van der Waals surface area contributed by atoms with Crippen molar-refractivity contribution in [3.05, 3.63) is 32.9 Å². The second-order valence-corrected chi connectivity index (χ2v) is 12.3. The molecule has 4 atom stereocenters. The van der Waals surface area contributed by atoms with Crippen LogP contribution >= 0.6 is 0 Å². The van der Waals surface area contributed by atoms with E-state index in [1.54, 1.807) is 4.98 Å². The molecule has 1 N–H and O–H groups in total. The molecule has 1 aliphatic rings. The van der Waals surface area contributed by atoms with E-state index in [1.807, 2.05) is 33.9 Å². The summed E-state index contributed by atoms with van der Waals surface area (Å²) in [6.07, 6.45) is -4.94. The molecule has 0 aromatic carbocycles. The lowest BCUT2D eigenvalue weighted by atomic mass is 10.1. The Balaban J connectivity index is 2.37. The van der Waals surface area contributed by atoms with Crippen LogP contribution in [0.3, 0.4) is 0 Å². The van der Waals surface area contributed by atoms with Crippen LogP contribution in [0.2, 0.25) is 18.1 Å². The fourth-order valence-corrected chi connectivity index (χ4v) is 3.58. The number of aromatic nitrogens is 2. The van der Waals surface area contributed by atoms with Gasteiger partial charge in [0.25, 0.3) is 5.56 Å². The van der Waals surface area contributed by atoms with Gasteiger partial charge in [-0.1, -0.05) is 20.8 Å². The maximum atomic E-state index is 14.9. The molecule has 1 unspecified atom stereocenters. The number of hydrogen-bond acceptors (Lipinski definition) is 5. The van der Waals surface area contributed by atoms with Crippen molar-refractivity contribution in [2.75, 3.05) is 0 Å². The summed E-state index contributed by atoms with van der Waals surface area (Å²) >= 11 is 0. The standard InChI is InChI=1S/C15H22F2N2O5Si/c1-15(2,3)25(4,5)24-11-9(7-20)23-13(10(11)17)19-6-8(16)12(21)18-14(19)22/h6-7,9-11,13H,1-5H3,(H,18,21,22)/t9-,10+,11?,13-/m1/s1. The van der Waals surface area contributed by atoms with Crippen LogP contribution in [0, 0.1) is 5.82 Å². The highest BCUT2D eigenvalue weighted by atomic mass is 28.4. The summed E-state index contributed by atoms with van der Waals surface area (Å²) < 4.78 is 40.2. The van der Waals surface area contributed by atoms with E-state index in [4.69, 9.17) is 9.16 Å². The molecule has 0 aliphatic carbocycles. The number of nitrogens with one attached hydrogen (secondary N) is 1. The first kappa shape index (κ1) is 19.7. The highest BCUT2D eigenvalue weighted by molar-refractivity contribution is 6.74. The molecular formula is C15H22F2N2O5Si. The Morgan fingerprint density at radius 3 is 2.48 bits per heavy atom. The van der Waals surface area contributed by atoms with Gasteiger partial charge in [-0.2, -0.15) is 4.39 Å². The smallest absolute Gasteiger partial charge is 0.330 e. The van der Waals surface area contributed by atoms with Gasteiger partial charge < -0.3 is 14.0 Å². The number of halogens is 2. The topological polar surface area (TPSA) is 90.4 Å². The Bertz CT molecular complexity index is 770. The Morgan fingerprint density at radius 2 is 1.96 bits per heavy atom. The molecule has 140 valence electrons. The Hall–Kier alpha value is -1.65. The minimum absolute atomic E-state index is 0.237. The average molecular weight is 376 g/mol. The third-order valence-electron chi connectivity index (χ3n) is 4.78. The molecule has 2 heterocycles. The molecule has 0 radical (unpaired) electrons. The van der Waals surface area contributed by atoms with Gasteiger partial charge in [0.1, 0.15) is 12.2 Å². The van der Waals surface area contributed by atoms with Gasteiger partial charge in [0.05, 0.1) is 6.20 Å². The van der Waals surface area contributed by atoms with E-state index in [0.29, 0.717) is 17.1 Å². The van der Waals surface area contributed by atoms with Gasteiger partial charge in [0, 0.05) is 0 Å². The monoisotopic (exact) mass is 376 g/mol. The first-order chi connectivity index (χ1) is 11.4. The molecule has 2 rings (SSSR count). The zero-order valence-corrected chi connectivity index (χ0v) is 15.7. The molecule has 25 heavy (non-hydrogen) atoms. The first-order valence-corrected chi connectivity index (χ1v) is 10.7. The summed E-state index contributed by atoms with van der Waals surface area (Å²) in [5.41, 5.74) is -2.24. The maximum Gasteiger partial charge on any atom is 0.330 e. The zero-order chi connectivity index (χ0) is 19.2. The van der Waals surface area contributed by atoms with Crippen LogP contribution in [0.15, 0.2) is 15.8 Å². The molecule has 1 fully saturated rings. The summed E-state index contributed by atoms with van der Waals surface area (Å²) in [6.45, 7) is 9.65. The third kappa shape index (κ3) is 3.65. The summed E-state index contributed by atoms with van der Waals surface area (Å²) in [5.74, 6) is -1.26. The largest absolute Gasteiger partial charge is 0.408 e. The molecule has 1 aromatic heterocycles. The van der Waals surface area contributed by atoms with E-state index in [9.17, 15) is 23.2 Å². The van der Waals surface area contributed by atoms with E-state index >= 15 is 0 Å². The molecule has 1 saturated heterocycles. The summed E-state index contributed by atoms with van der Waals surface area (Å²) in [4.78, 5) is 36.0. The highest BCUT2D eigenvalue weighted by Gasteiger charge is 2.51. The summed E-state index contributed by atoms with van der Waals surface area (Å²) in [5, 5.41) is -0.237. The molecule has 0 bridgehead atoms. The number of rotatable bonds is 4. The zero-order valence-electron chi connectivity index (χ0n) is 14.7. The van der Waals surface area contributed by atoms with Crippen LogP contribution in [0.1, 0.15) is 27.0 Å². The molecule has 10 heteroatoms. The van der Waals surface area contributed by atoms with Gasteiger partial charge in [-0.15, -0.1) is 0 Å². The summed E-state index contributed by atoms with van der Waals surface area (Å²) in [6, 6.07) is 0. The number of hydrogen-bond donors (Lipinski definition) is 1. The number of nitrogens with zero attached hydrogens (tertiary/aromatic N) is 1. The lowest BCUT2D eigenvalue weighted by Crippen LogP contribution is -2.48. The van der Waals surface area contributed by atoms with Crippen LogP contribution in [0.5, 0.6) is 0 Å². The number of carbonyl (C=O) groups excluding carboxylic acids is 1. The Kier molecular flexibility index (Phi) is 5.17. The van der Waals surface area contributed by atoms with Crippen molar-refractivity contribution < 1.29 is 22.7 Å². The Labute approximate surface area is 144 Å². The van der Waals surface area contributed by atoms with Crippen molar-refractivity contribution in [2.45, 2.75) is 63.5 Å². The van der Waals surface area contributed by atoms with Gasteiger partial charge in [-0.25, -0.2) is 9.18 Å². The van der Waals surface area contributed by atoms with Crippen molar-refractivity contribution in [3.63, 3.8) is 0 Å². The van der Waals surface area contributed by atoms with E-state index in [2.05, 4.69) is 0 Å². The van der Waals surface area contributed by atoms with Crippen LogP contribution < -0.4 is 11.2 Å². The van der Waals surface area contributed by atoms with Gasteiger partial charge in [0.15, 0.2) is 27.0 Å². The molecule has 0 amide bonds. The first-order valence-electron chi connectivity index (χ1n) is 7.82. The normalized spacial score (nSPS) is 27.5. The lowest BCUT2D eigenvalue weighted by Gasteiger charge is -2.39. The van der Waals surface area contributed by atoms with E-state index in [1.165, 1.54) is 0 Å². The minimum Gasteiger partial charge on any atom is -0.408 e. The third-order valence-corrected chi connectivity index (χ3v) is 9.25. The number of H-pyrrole nitrogens is 1. The SMILES string of the molecule is CC(C)(C)[Si](C)(C)OC1[C@@H](C=O)O[C@@H](n2cc(F)c(=O)[nH]c2=O)[C@H]1F. The number of carbonyl (C=O) groups is 1. The van der Waals surface area contributed by atoms with E-state index < -0.39 is 50.0 Å². The van der Waals surface area contributed by atoms with Gasteiger partial charge in [0.2, 0.25) is 5.82 Å². The lowest BCUT2D eigenvalue weighted by molar-refractivity contribution is -0.122. The van der Waals surface area contributed by atoms with Crippen LogP contribution in [-0.2, 0) is 14.0 Å². The van der Waals surface area contributed by atoms with Gasteiger partial charge >= 0.3 is 5.69 Å². The molecule has 0 saturated carbocycles.